The first kappa shape index (κ1) is 25.2. The van der Waals surface area contributed by atoms with Crippen LogP contribution in [0.4, 0.5) is 5.82 Å². The number of nitrogens with zero attached hydrogens (tertiary/aromatic N) is 5. The number of ether oxygens (including phenoxy) is 2. The molecule has 4 aromatic rings. The van der Waals surface area contributed by atoms with Gasteiger partial charge in [-0.3, -0.25) is 4.79 Å². The van der Waals surface area contributed by atoms with Gasteiger partial charge in [-0.1, -0.05) is 18.2 Å². The second-order valence-corrected chi connectivity index (χ2v) is 10.4. The van der Waals surface area contributed by atoms with Crippen LogP contribution in [0.3, 0.4) is 0 Å². The molecule has 4 rings (SSSR count). The first-order chi connectivity index (χ1) is 17.1. The number of benzene rings is 1. The summed E-state index contributed by atoms with van der Waals surface area (Å²) in [6.45, 7) is 5.56. The molecule has 0 aliphatic rings. The van der Waals surface area contributed by atoms with Crippen molar-refractivity contribution in [2.75, 3.05) is 18.2 Å². The smallest absolute Gasteiger partial charge is 0.269 e. The van der Waals surface area contributed by atoms with Crippen LogP contribution in [-0.4, -0.2) is 64.1 Å². The van der Waals surface area contributed by atoms with E-state index in [1.807, 2.05) is 26.8 Å². The molecule has 0 saturated heterocycles. The Bertz CT molecular complexity index is 1480. The maximum absolute atomic E-state index is 13.0. The zero-order valence-corrected chi connectivity index (χ0v) is 21.1. The minimum atomic E-state index is -3.53. The van der Waals surface area contributed by atoms with Crippen LogP contribution in [0.2, 0.25) is 0 Å². The third-order valence-corrected chi connectivity index (χ3v) is 6.26. The molecule has 1 N–H and O–H groups in total. The largest absolute Gasteiger partial charge is 0.461 e. The molecular weight excluding hydrogens is 484 g/mol. The summed E-state index contributed by atoms with van der Waals surface area (Å²) in [7, 11) is -3.53. The highest BCUT2D eigenvalue weighted by atomic mass is 32.2. The van der Waals surface area contributed by atoms with Crippen LogP contribution in [0.25, 0.3) is 16.7 Å². The van der Waals surface area contributed by atoms with E-state index in [9.17, 15) is 13.2 Å². The maximum Gasteiger partial charge on any atom is 0.269 e. The number of amides is 1. The Balaban J connectivity index is 1.67. The molecule has 188 valence electrons. The van der Waals surface area contributed by atoms with Gasteiger partial charge in [0.2, 0.25) is 12.0 Å². The van der Waals surface area contributed by atoms with Crippen LogP contribution in [-0.2, 0) is 19.4 Å². The maximum atomic E-state index is 13.0. The molecule has 3 aromatic heterocycles. The van der Waals surface area contributed by atoms with Gasteiger partial charge in [-0.2, -0.15) is 5.10 Å². The number of para-hydroxylation sites is 1. The average Bonchev–Trinajstić information content (AvgIpc) is 3.27. The summed E-state index contributed by atoms with van der Waals surface area (Å²) < 4.78 is 37.7. The predicted molar refractivity (Wildman–Crippen MR) is 133 cm³/mol. The van der Waals surface area contributed by atoms with Crippen molar-refractivity contribution in [3.05, 3.63) is 60.7 Å². The van der Waals surface area contributed by atoms with Crippen molar-refractivity contribution in [2.45, 2.75) is 37.9 Å². The van der Waals surface area contributed by atoms with Crippen LogP contribution in [0.15, 0.2) is 60.0 Å². The fourth-order valence-corrected chi connectivity index (χ4v) is 4.22. The lowest BCUT2D eigenvalue weighted by Crippen LogP contribution is -2.38. The summed E-state index contributed by atoms with van der Waals surface area (Å²) >= 11 is 0. The number of carbonyl (C=O) groups excluding carboxylic acids is 1. The number of hydrogen-bond acceptors (Lipinski definition) is 9. The number of fused-ring (bicyclic) bond motifs is 1. The van der Waals surface area contributed by atoms with E-state index in [0.717, 1.165) is 11.8 Å². The van der Waals surface area contributed by atoms with Gasteiger partial charge in [0.05, 0.1) is 29.5 Å². The van der Waals surface area contributed by atoms with Crippen molar-refractivity contribution in [3.8, 4) is 11.6 Å². The number of anilines is 1. The number of carbonyl (C=O) groups is 1. The van der Waals surface area contributed by atoms with E-state index in [-0.39, 0.29) is 23.5 Å². The molecule has 0 saturated carbocycles. The van der Waals surface area contributed by atoms with Crippen LogP contribution >= 0.6 is 0 Å². The third kappa shape index (κ3) is 5.66. The summed E-state index contributed by atoms with van der Waals surface area (Å²) in [5, 5.41) is 7.46. The lowest BCUT2D eigenvalue weighted by Gasteiger charge is -2.19. The number of aromatic nitrogens is 5. The Morgan fingerprint density at radius 3 is 2.56 bits per heavy atom. The van der Waals surface area contributed by atoms with Gasteiger partial charge in [0.1, 0.15) is 17.5 Å². The van der Waals surface area contributed by atoms with Gasteiger partial charge in [0.15, 0.2) is 15.5 Å². The quantitative estimate of drug-likeness (QED) is 0.360. The Morgan fingerprint density at radius 1 is 1.08 bits per heavy atom. The Labute approximate surface area is 208 Å². The van der Waals surface area contributed by atoms with Gasteiger partial charge in [-0.15, -0.1) is 0 Å². The number of sulfone groups is 1. The van der Waals surface area contributed by atoms with Crippen molar-refractivity contribution in [1.82, 2.24) is 24.7 Å². The molecule has 12 heteroatoms. The van der Waals surface area contributed by atoms with Crippen molar-refractivity contribution < 1.29 is 22.7 Å². The molecule has 0 unspecified atom stereocenters. The molecule has 0 fully saturated rings. The minimum Gasteiger partial charge on any atom is -0.461 e. The van der Waals surface area contributed by atoms with Gasteiger partial charge < -0.3 is 14.8 Å². The van der Waals surface area contributed by atoms with Crippen molar-refractivity contribution in [2.24, 2.45) is 0 Å². The van der Waals surface area contributed by atoms with Gasteiger partial charge in [0.25, 0.3) is 5.91 Å². The van der Waals surface area contributed by atoms with Gasteiger partial charge >= 0.3 is 0 Å². The van der Waals surface area contributed by atoms with E-state index in [1.165, 1.54) is 23.3 Å². The van der Waals surface area contributed by atoms with Gasteiger partial charge in [-0.05, 0) is 44.5 Å². The summed E-state index contributed by atoms with van der Waals surface area (Å²) in [5.74, 6) is 0.0165. The molecule has 1 amide bonds. The van der Waals surface area contributed by atoms with Crippen molar-refractivity contribution in [3.63, 3.8) is 0 Å². The third-order valence-electron chi connectivity index (χ3n) is 5.11. The van der Waals surface area contributed by atoms with E-state index in [2.05, 4.69) is 25.4 Å². The second kappa shape index (κ2) is 10.4. The van der Waals surface area contributed by atoms with E-state index >= 15 is 0 Å². The fraction of sp³-hybridized carbons (Fsp3) is 0.292. The summed E-state index contributed by atoms with van der Waals surface area (Å²) in [6.07, 6.45) is 4.30. The highest BCUT2D eigenvalue weighted by Gasteiger charge is 2.25. The first-order valence-electron chi connectivity index (χ1n) is 11.1. The number of nitrogens with one attached hydrogen (secondary N) is 1. The molecule has 1 atom stereocenters. The molecule has 0 aliphatic heterocycles. The van der Waals surface area contributed by atoms with E-state index in [0.29, 0.717) is 22.5 Å². The Morgan fingerprint density at radius 2 is 1.86 bits per heavy atom. The fourth-order valence-electron chi connectivity index (χ4n) is 3.36. The number of rotatable bonds is 9. The Hall–Kier alpha value is -3.90. The van der Waals surface area contributed by atoms with Crippen molar-refractivity contribution in [1.29, 1.82) is 0 Å². The molecule has 36 heavy (non-hydrogen) atoms. The molecule has 3 heterocycles. The van der Waals surface area contributed by atoms with E-state index in [4.69, 9.17) is 9.47 Å². The number of hydrogen-bond donors (Lipinski definition) is 1. The first-order valence-corrected chi connectivity index (χ1v) is 13.0. The molecule has 0 radical (unpaired) electrons. The molecule has 0 bridgehead atoms. The van der Waals surface area contributed by atoms with E-state index in [1.54, 1.807) is 30.5 Å². The topological polar surface area (TPSA) is 138 Å². The second-order valence-electron chi connectivity index (χ2n) is 8.41. The van der Waals surface area contributed by atoms with E-state index < -0.39 is 21.8 Å². The highest BCUT2D eigenvalue weighted by molar-refractivity contribution is 7.90. The summed E-state index contributed by atoms with van der Waals surface area (Å²) in [6, 6.07) is 10.0. The number of pyridine rings is 1. The normalized spacial score (nSPS) is 12.6. The highest BCUT2D eigenvalue weighted by Crippen LogP contribution is 2.27. The molecule has 1 aromatic carbocycles. The standard InChI is InChI=1S/C24H26N6O5S/c1-15(2)34-13-19(23(31)29-21-10-9-16(3)11-25-21)35-24-17-12-28-30(22(17)26-14-27-24)18-7-5-6-8-20(18)36(4,32)33/h5-12,14-15,19H,13H2,1-4H3,(H,25,29,31)/t19-/m0/s1. The average molecular weight is 511 g/mol. The zero-order chi connectivity index (χ0) is 25.9. The zero-order valence-electron chi connectivity index (χ0n) is 20.2. The SMILES string of the molecule is Cc1ccc(NC(=O)[C@H](COC(C)C)Oc2ncnc3c2cnn3-c2ccccc2S(C)(=O)=O)nc1. The van der Waals surface area contributed by atoms with Crippen LogP contribution in [0.5, 0.6) is 5.88 Å². The van der Waals surface area contributed by atoms with Crippen LogP contribution < -0.4 is 10.1 Å². The Kier molecular flexibility index (Phi) is 7.27. The molecule has 0 aliphatic carbocycles. The summed E-state index contributed by atoms with van der Waals surface area (Å²) in [5.41, 5.74) is 1.62. The van der Waals surface area contributed by atoms with Crippen molar-refractivity contribution >= 4 is 32.6 Å². The lowest BCUT2D eigenvalue weighted by molar-refractivity contribution is -0.126. The van der Waals surface area contributed by atoms with Gasteiger partial charge in [-0.25, -0.2) is 28.1 Å². The van der Waals surface area contributed by atoms with Crippen LogP contribution in [0, 0.1) is 6.92 Å². The lowest BCUT2D eigenvalue weighted by atomic mass is 10.3. The minimum absolute atomic E-state index is 0.0358. The molecule has 0 spiro atoms. The van der Waals surface area contributed by atoms with Crippen LogP contribution in [0.1, 0.15) is 19.4 Å². The number of aryl methyl sites for hydroxylation is 1. The monoisotopic (exact) mass is 510 g/mol. The molecular formula is C24H26N6O5S. The van der Waals surface area contributed by atoms with Gasteiger partial charge in [0, 0.05) is 12.5 Å². The molecule has 11 nitrogen and oxygen atoms in total. The summed E-state index contributed by atoms with van der Waals surface area (Å²) in [4.78, 5) is 25.8. The predicted octanol–water partition coefficient (Wildman–Crippen LogP) is 2.73.